The van der Waals surface area contributed by atoms with E-state index < -0.39 is 0 Å². The third kappa shape index (κ3) is 3.56. The van der Waals surface area contributed by atoms with Crippen molar-refractivity contribution in [2.24, 2.45) is 0 Å². The number of carbonyl (C=O) groups is 2. The first-order chi connectivity index (χ1) is 13.0. The van der Waals surface area contributed by atoms with E-state index in [-0.39, 0.29) is 29.4 Å². The molecule has 2 N–H and O–H groups in total. The SMILES string of the molecule is CC(C)c1ccc(NC(=O)c2nc(C(=O)NC3CC3)c3ccccn23)cc1. The molecule has 1 aliphatic rings. The standard InChI is InChI=1S/C21H22N4O2/c1-13(2)14-6-8-15(9-7-14)23-21(27)19-24-18(20(26)22-16-10-11-16)17-5-3-4-12-25(17)19/h3-9,12-13,16H,10-11H2,1-2H3,(H,22,26)(H,23,27). The lowest BCUT2D eigenvalue weighted by atomic mass is 10.0. The van der Waals surface area contributed by atoms with Crippen molar-refractivity contribution in [3.8, 4) is 0 Å². The summed E-state index contributed by atoms with van der Waals surface area (Å²) in [6.07, 6.45) is 3.74. The van der Waals surface area contributed by atoms with Gasteiger partial charge in [-0.1, -0.05) is 32.0 Å². The molecule has 1 aromatic carbocycles. The zero-order valence-electron chi connectivity index (χ0n) is 15.4. The molecule has 0 atom stereocenters. The predicted molar refractivity (Wildman–Crippen MR) is 104 cm³/mol. The zero-order valence-corrected chi connectivity index (χ0v) is 15.4. The zero-order chi connectivity index (χ0) is 19.0. The topological polar surface area (TPSA) is 75.5 Å². The molecule has 6 heteroatoms. The highest BCUT2D eigenvalue weighted by Crippen LogP contribution is 2.21. The molecule has 2 heterocycles. The lowest BCUT2D eigenvalue weighted by Crippen LogP contribution is -2.26. The van der Waals surface area contributed by atoms with E-state index in [4.69, 9.17) is 0 Å². The summed E-state index contributed by atoms with van der Waals surface area (Å²) in [7, 11) is 0. The van der Waals surface area contributed by atoms with Crippen LogP contribution in [0.4, 0.5) is 5.69 Å². The van der Waals surface area contributed by atoms with E-state index >= 15 is 0 Å². The molecule has 0 aliphatic heterocycles. The Morgan fingerprint density at radius 2 is 1.81 bits per heavy atom. The molecule has 0 bridgehead atoms. The van der Waals surface area contributed by atoms with Crippen LogP contribution in [0.3, 0.4) is 0 Å². The van der Waals surface area contributed by atoms with Gasteiger partial charge in [0.15, 0.2) is 5.69 Å². The molecule has 6 nitrogen and oxygen atoms in total. The number of nitrogens with zero attached hydrogens (tertiary/aromatic N) is 2. The van der Waals surface area contributed by atoms with Gasteiger partial charge in [-0.05, 0) is 48.6 Å². The lowest BCUT2D eigenvalue weighted by Gasteiger charge is -2.08. The number of pyridine rings is 1. The predicted octanol–water partition coefficient (Wildman–Crippen LogP) is 3.60. The van der Waals surface area contributed by atoms with Crippen LogP contribution in [0.25, 0.3) is 5.52 Å². The minimum Gasteiger partial charge on any atom is -0.348 e. The summed E-state index contributed by atoms with van der Waals surface area (Å²) in [5.74, 6) is 0.0403. The Labute approximate surface area is 157 Å². The fraction of sp³-hybridized carbons (Fsp3) is 0.286. The molecular weight excluding hydrogens is 340 g/mol. The molecule has 0 spiro atoms. The van der Waals surface area contributed by atoms with Gasteiger partial charge in [0.2, 0.25) is 5.82 Å². The third-order valence-corrected chi connectivity index (χ3v) is 4.71. The summed E-state index contributed by atoms with van der Waals surface area (Å²) in [4.78, 5) is 29.6. The largest absolute Gasteiger partial charge is 0.348 e. The minimum atomic E-state index is -0.348. The molecule has 0 radical (unpaired) electrons. The Hall–Kier alpha value is -3.15. The molecule has 2 amide bonds. The van der Waals surface area contributed by atoms with Gasteiger partial charge < -0.3 is 10.6 Å². The van der Waals surface area contributed by atoms with E-state index in [1.54, 1.807) is 16.7 Å². The number of hydrogen-bond donors (Lipinski definition) is 2. The maximum absolute atomic E-state index is 12.8. The van der Waals surface area contributed by atoms with E-state index in [2.05, 4.69) is 29.5 Å². The molecule has 138 valence electrons. The second-order valence-electron chi connectivity index (χ2n) is 7.22. The number of carbonyl (C=O) groups excluding carboxylic acids is 2. The van der Waals surface area contributed by atoms with Gasteiger partial charge in [-0.15, -0.1) is 0 Å². The summed E-state index contributed by atoms with van der Waals surface area (Å²) >= 11 is 0. The summed E-state index contributed by atoms with van der Waals surface area (Å²) in [6, 6.07) is 13.4. The highest BCUT2D eigenvalue weighted by Gasteiger charge is 2.27. The molecule has 1 fully saturated rings. The number of rotatable bonds is 5. The quantitative estimate of drug-likeness (QED) is 0.728. The van der Waals surface area contributed by atoms with Crippen molar-refractivity contribution >= 4 is 23.0 Å². The van der Waals surface area contributed by atoms with Crippen molar-refractivity contribution in [3.63, 3.8) is 0 Å². The summed E-state index contributed by atoms with van der Waals surface area (Å²) < 4.78 is 1.65. The highest BCUT2D eigenvalue weighted by molar-refractivity contribution is 6.06. The summed E-state index contributed by atoms with van der Waals surface area (Å²) in [5.41, 5.74) is 2.80. The molecule has 1 saturated carbocycles. The molecule has 0 unspecified atom stereocenters. The van der Waals surface area contributed by atoms with Gasteiger partial charge in [0.1, 0.15) is 0 Å². The molecular formula is C21H22N4O2. The van der Waals surface area contributed by atoms with Crippen molar-refractivity contribution < 1.29 is 9.59 Å². The Kier molecular flexibility index (Phi) is 4.39. The van der Waals surface area contributed by atoms with E-state index in [1.165, 1.54) is 5.56 Å². The average molecular weight is 362 g/mol. The molecule has 2 aromatic heterocycles. The van der Waals surface area contributed by atoms with E-state index in [9.17, 15) is 9.59 Å². The van der Waals surface area contributed by atoms with Crippen molar-refractivity contribution in [3.05, 3.63) is 65.7 Å². The number of anilines is 1. The summed E-state index contributed by atoms with van der Waals surface area (Å²) in [6.45, 7) is 4.25. The summed E-state index contributed by atoms with van der Waals surface area (Å²) in [5, 5.41) is 5.80. The monoisotopic (exact) mass is 362 g/mol. The van der Waals surface area contributed by atoms with Crippen LogP contribution in [0.2, 0.25) is 0 Å². The van der Waals surface area contributed by atoms with Crippen molar-refractivity contribution in [2.45, 2.75) is 38.6 Å². The number of aromatic nitrogens is 2. The number of fused-ring (bicyclic) bond motifs is 1. The van der Waals surface area contributed by atoms with Gasteiger partial charge in [-0.2, -0.15) is 0 Å². The molecule has 1 aliphatic carbocycles. The fourth-order valence-corrected chi connectivity index (χ4v) is 2.98. The van der Waals surface area contributed by atoms with Gasteiger partial charge >= 0.3 is 0 Å². The second-order valence-corrected chi connectivity index (χ2v) is 7.22. The van der Waals surface area contributed by atoms with Crippen LogP contribution < -0.4 is 10.6 Å². The Morgan fingerprint density at radius 3 is 2.48 bits per heavy atom. The van der Waals surface area contributed by atoms with Crippen LogP contribution in [0, 0.1) is 0 Å². The smallest absolute Gasteiger partial charge is 0.292 e. The van der Waals surface area contributed by atoms with Gasteiger partial charge in [0.25, 0.3) is 11.8 Å². The van der Waals surface area contributed by atoms with E-state index in [0.29, 0.717) is 17.1 Å². The van der Waals surface area contributed by atoms with Crippen molar-refractivity contribution in [1.82, 2.24) is 14.7 Å². The number of nitrogens with one attached hydrogen (secondary N) is 2. The van der Waals surface area contributed by atoms with Gasteiger partial charge in [0, 0.05) is 17.9 Å². The lowest BCUT2D eigenvalue weighted by molar-refractivity contribution is 0.0948. The minimum absolute atomic E-state index is 0.194. The van der Waals surface area contributed by atoms with Crippen molar-refractivity contribution in [1.29, 1.82) is 0 Å². The Bertz CT molecular complexity index is 1000. The second kappa shape index (κ2) is 6.87. The van der Waals surface area contributed by atoms with Crippen LogP contribution in [0.5, 0.6) is 0 Å². The van der Waals surface area contributed by atoms with E-state index in [0.717, 1.165) is 12.8 Å². The van der Waals surface area contributed by atoms with Crippen LogP contribution in [-0.4, -0.2) is 27.2 Å². The normalized spacial score (nSPS) is 13.7. The molecule has 0 saturated heterocycles. The molecule has 3 aromatic rings. The number of imidazole rings is 1. The third-order valence-electron chi connectivity index (χ3n) is 4.71. The van der Waals surface area contributed by atoms with Gasteiger partial charge in [-0.25, -0.2) is 4.98 Å². The van der Waals surface area contributed by atoms with E-state index in [1.807, 2.05) is 36.4 Å². The van der Waals surface area contributed by atoms with Crippen molar-refractivity contribution in [2.75, 3.05) is 5.32 Å². The van der Waals surface area contributed by atoms with Crippen LogP contribution in [0.1, 0.15) is 59.3 Å². The van der Waals surface area contributed by atoms with Gasteiger partial charge in [-0.3, -0.25) is 14.0 Å². The number of benzene rings is 1. The number of hydrogen-bond acceptors (Lipinski definition) is 3. The first-order valence-electron chi connectivity index (χ1n) is 9.22. The Balaban J connectivity index is 1.62. The number of amides is 2. The van der Waals surface area contributed by atoms with Crippen LogP contribution >= 0.6 is 0 Å². The maximum Gasteiger partial charge on any atom is 0.292 e. The Morgan fingerprint density at radius 1 is 1.07 bits per heavy atom. The van der Waals surface area contributed by atoms with Crippen LogP contribution in [0.15, 0.2) is 48.7 Å². The average Bonchev–Trinajstić information content (AvgIpc) is 3.38. The fourth-order valence-electron chi connectivity index (χ4n) is 2.98. The highest BCUT2D eigenvalue weighted by atomic mass is 16.2. The van der Waals surface area contributed by atoms with Crippen LogP contribution in [-0.2, 0) is 0 Å². The maximum atomic E-state index is 12.8. The first kappa shape index (κ1) is 17.3. The first-order valence-corrected chi connectivity index (χ1v) is 9.22. The molecule has 4 rings (SSSR count). The molecule has 27 heavy (non-hydrogen) atoms. The van der Waals surface area contributed by atoms with Gasteiger partial charge in [0.05, 0.1) is 5.52 Å².